The van der Waals surface area contributed by atoms with Crippen molar-refractivity contribution in [1.29, 1.82) is 0 Å². The second kappa shape index (κ2) is 12.8. The van der Waals surface area contributed by atoms with E-state index in [-0.39, 0.29) is 6.10 Å². The number of aliphatic hydroxyl groups excluding tert-OH is 1. The van der Waals surface area contributed by atoms with E-state index >= 15 is 0 Å². The number of hydrogen-bond donors (Lipinski definition) is 5. The highest BCUT2D eigenvalue weighted by atomic mass is 16.4. The van der Waals surface area contributed by atoms with Gasteiger partial charge in [-0.3, -0.25) is 0 Å². The van der Waals surface area contributed by atoms with Gasteiger partial charge in [0.05, 0.1) is 6.10 Å². The number of carboxylic acid groups (broad SMARTS) is 3. The molecule has 35 heavy (non-hydrogen) atoms. The van der Waals surface area contributed by atoms with E-state index in [0.29, 0.717) is 29.3 Å². The molecule has 0 spiro atoms. The van der Waals surface area contributed by atoms with Crippen molar-refractivity contribution in [3.8, 4) is 0 Å². The number of fused-ring (bicyclic) bond motifs is 2. The molecule has 0 aromatic heterocycles. The van der Waals surface area contributed by atoms with Gasteiger partial charge in [0.1, 0.15) is 0 Å². The second-order valence-electron chi connectivity index (χ2n) is 8.58. The molecule has 1 heterocycles. The van der Waals surface area contributed by atoms with Crippen molar-refractivity contribution in [2.24, 2.45) is 5.92 Å². The van der Waals surface area contributed by atoms with Crippen LogP contribution in [0.1, 0.15) is 30.4 Å². The maximum Gasteiger partial charge on any atom is 0.345 e. The smallest absolute Gasteiger partial charge is 0.345 e. The van der Waals surface area contributed by atoms with Crippen LogP contribution in [0.25, 0.3) is 0 Å². The van der Waals surface area contributed by atoms with E-state index in [2.05, 4.69) is 11.9 Å². The Bertz CT molecular complexity index is 948. The zero-order chi connectivity index (χ0) is 26.0. The third-order valence-corrected chi connectivity index (χ3v) is 5.99. The number of aliphatic carboxylic acids is 3. The molecule has 4 rings (SSSR count). The van der Waals surface area contributed by atoms with Crippen molar-refractivity contribution in [2.75, 3.05) is 13.6 Å². The maximum absolute atomic E-state index is 11.4. The zero-order valence-electron chi connectivity index (χ0n) is 19.4. The highest BCUT2D eigenvalue weighted by Gasteiger charge is 2.39. The van der Waals surface area contributed by atoms with Crippen molar-refractivity contribution in [3.05, 3.63) is 83.9 Å². The summed E-state index contributed by atoms with van der Waals surface area (Å²) in [4.78, 5) is 32.9. The summed E-state index contributed by atoms with van der Waals surface area (Å²) in [5.74, 6) is -3.01. The van der Waals surface area contributed by atoms with E-state index in [1.807, 2.05) is 0 Å². The topological polar surface area (TPSA) is 156 Å². The monoisotopic (exact) mass is 485 g/mol. The van der Waals surface area contributed by atoms with Crippen LogP contribution in [0.5, 0.6) is 0 Å². The van der Waals surface area contributed by atoms with E-state index in [9.17, 15) is 29.7 Å². The Morgan fingerprint density at radius 1 is 0.829 bits per heavy atom. The zero-order valence-corrected chi connectivity index (χ0v) is 19.4. The molecule has 0 amide bonds. The van der Waals surface area contributed by atoms with Crippen molar-refractivity contribution in [2.45, 2.75) is 37.0 Å². The largest absolute Gasteiger partial charge is 0.479 e. The van der Waals surface area contributed by atoms with Crippen molar-refractivity contribution in [3.63, 3.8) is 0 Å². The number of benzene rings is 2. The van der Waals surface area contributed by atoms with Gasteiger partial charge in [0.15, 0.2) is 0 Å². The molecule has 1 saturated heterocycles. The van der Waals surface area contributed by atoms with Gasteiger partial charge in [0.25, 0.3) is 0 Å². The van der Waals surface area contributed by atoms with Crippen LogP contribution in [0.2, 0.25) is 0 Å². The predicted octanol–water partition coefficient (Wildman–Crippen LogP) is 2.18. The van der Waals surface area contributed by atoms with Crippen molar-refractivity contribution < 1.29 is 39.9 Å². The molecule has 2 unspecified atom stereocenters. The molecule has 2 aromatic rings. The molecule has 2 bridgehead atoms. The molecule has 0 radical (unpaired) electrons. The van der Waals surface area contributed by atoms with Crippen LogP contribution in [0.3, 0.4) is 0 Å². The summed E-state index contributed by atoms with van der Waals surface area (Å²) < 4.78 is 0. The number of likely N-dealkylation sites (tertiary alicyclic amines) is 1. The fraction of sp³-hybridized carbons (Fsp3) is 0.346. The molecule has 3 atom stereocenters. The highest BCUT2D eigenvalue weighted by molar-refractivity contribution is 5.89. The van der Waals surface area contributed by atoms with Crippen LogP contribution in [-0.2, 0) is 20.0 Å². The molecule has 188 valence electrons. The van der Waals surface area contributed by atoms with Gasteiger partial charge < -0.3 is 30.4 Å². The average molecular weight is 486 g/mol. The first-order chi connectivity index (χ1) is 16.5. The molecule has 5 N–H and O–H groups in total. The highest BCUT2D eigenvalue weighted by Crippen LogP contribution is 2.34. The van der Waals surface area contributed by atoms with Gasteiger partial charge in [0.2, 0.25) is 5.60 Å². The minimum absolute atomic E-state index is 0.00583. The van der Waals surface area contributed by atoms with Gasteiger partial charge >= 0.3 is 17.9 Å². The number of aliphatic hydroxyl groups is 2. The number of hydrogen-bond acceptors (Lipinski definition) is 6. The molecule has 1 aliphatic carbocycles. The van der Waals surface area contributed by atoms with E-state index in [1.54, 1.807) is 60.7 Å². The van der Waals surface area contributed by atoms with Crippen LogP contribution in [0.4, 0.5) is 0 Å². The van der Waals surface area contributed by atoms with Crippen molar-refractivity contribution >= 4 is 17.9 Å². The standard InChI is InChI=1S/C14H12O3.C8H15NO.C4H4O4/c15-13(16)14(17,11-7-3-1-4-8-11)12-9-5-2-6-10-12;1-9-5-6-2-7(9)4-8(10)3-6;5-3(6)1-2-4(7)8/h1-10,17H,(H,15,16);6-8,10H,2-5H2,1H3;1-2H,(H,5,6)(H,7,8)/b;;2-1+/t;6?,7?,8-;/m.0./s1. The quantitative estimate of drug-likeness (QED) is 0.401. The first-order valence-electron chi connectivity index (χ1n) is 11.1. The van der Waals surface area contributed by atoms with Gasteiger partial charge in [0, 0.05) is 24.7 Å². The van der Waals surface area contributed by atoms with E-state index < -0.39 is 23.5 Å². The van der Waals surface area contributed by atoms with Gasteiger partial charge in [-0.25, -0.2) is 14.4 Å². The van der Waals surface area contributed by atoms with Gasteiger partial charge in [-0.15, -0.1) is 0 Å². The van der Waals surface area contributed by atoms with Gasteiger partial charge in [-0.05, 0) is 43.4 Å². The molecular weight excluding hydrogens is 454 g/mol. The summed E-state index contributed by atoms with van der Waals surface area (Å²) in [6.07, 6.45) is 4.49. The lowest BCUT2D eigenvalue weighted by Crippen LogP contribution is -2.36. The van der Waals surface area contributed by atoms with Crippen LogP contribution in [-0.4, -0.2) is 74.1 Å². The average Bonchev–Trinajstić information content (AvgIpc) is 3.10. The summed E-state index contributed by atoms with van der Waals surface area (Å²) >= 11 is 0. The lowest BCUT2D eigenvalue weighted by atomic mass is 9.86. The fourth-order valence-electron chi connectivity index (χ4n) is 4.35. The molecule has 2 aromatic carbocycles. The Hall–Kier alpha value is -3.53. The Kier molecular flexibility index (Phi) is 10.1. The first kappa shape index (κ1) is 27.7. The van der Waals surface area contributed by atoms with Gasteiger partial charge in [-0.1, -0.05) is 60.7 Å². The first-order valence-corrected chi connectivity index (χ1v) is 11.1. The minimum Gasteiger partial charge on any atom is -0.479 e. The molecule has 9 heteroatoms. The fourth-order valence-corrected chi connectivity index (χ4v) is 4.35. The van der Waals surface area contributed by atoms with Crippen molar-refractivity contribution in [1.82, 2.24) is 4.90 Å². The summed E-state index contributed by atoms with van der Waals surface area (Å²) in [6.45, 7) is 1.21. The Morgan fingerprint density at radius 2 is 1.29 bits per heavy atom. The SMILES string of the molecule is CN1CC2CC1C[C@@H](O)C2.O=C(O)/C=C/C(=O)O.O=C(O)C(O)(c1ccccc1)c1ccccc1. The lowest BCUT2D eigenvalue weighted by Gasteiger charge is -2.24. The molecule has 1 saturated carbocycles. The Morgan fingerprint density at radius 3 is 1.66 bits per heavy atom. The van der Waals surface area contributed by atoms with Crippen LogP contribution in [0, 0.1) is 5.92 Å². The minimum atomic E-state index is -2.00. The number of rotatable bonds is 5. The third-order valence-electron chi connectivity index (χ3n) is 5.99. The summed E-state index contributed by atoms with van der Waals surface area (Å²) in [7, 11) is 2.17. The second-order valence-corrected chi connectivity index (χ2v) is 8.58. The van der Waals surface area contributed by atoms with E-state index in [1.165, 1.54) is 13.0 Å². The molecular formula is C26H31NO8. The van der Waals surface area contributed by atoms with Crippen LogP contribution < -0.4 is 0 Å². The summed E-state index contributed by atoms with van der Waals surface area (Å²) in [5.41, 5.74) is -1.31. The number of carboxylic acids is 3. The van der Waals surface area contributed by atoms with Crippen LogP contribution in [0.15, 0.2) is 72.8 Å². The van der Waals surface area contributed by atoms with E-state index in [4.69, 9.17) is 10.2 Å². The molecule has 2 aliphatic rings. The van der Waals surface area contributed by atoms with Gasteiger partial charge in [-0.2, -0.15) is 0 Å². The Balaban J connectivity index is 0.000000204. The predicted molar refractivity (Wildman–Crippen MR) is 128 cm³/mol. The number of nitrogens with zero attached hydrogens (tertiary/aromatic N) is 1. The molecule has 9 nitrogen and oxygen atoms in total. The normalized spacial score (nSPS) is 21.3. The third kappa shape index (κ3) is 8.03. The number of carbonyl (C=O) groups is 3. The maximum atomic E-state index is 11.4. The lowest BCUT2D eigenvalue weighted by molar-refractivity contribution is -0.155. The Labute approximate surface area is 203 Å². The summed E-state index contributed by atoms with van der Waals surface area (Å²) in [5, 5.41) is 44.7. The van der Waals surface area contributed by atoms with Crippen LogP contribution >= 0.6 is 0 Å². The van der Waals surface area contributed by atoms with E-state index in [0.717, 1.165) is 18.8 Å². The molecule has 1 aliphatic heterocycles. The summed E-state index contributed by atoms with van der Waals surface area (Å²) in [6, 6.07) is 17.4. The molecule has 2 fully saturated rings.